The maximum atomic E-state index is 6.06. The maximum absolute atomic E-state index is 6.06. The van der Waals surface area contributed by atoms with Crippen LogP contribution in [-0.4, -0.2) is 29.8 Å². The Morgan fingerprint density at radius 1 is 1.47 bits per heavy atom. The Labute approximate surface area is 127 Å². The number of ether oxygens (including phenoxy) is 1. The molecule has 2 fully saturated rings. The molecule has 2 nitrogen and oxygen atoms in total. The van der Waals surface area contributed by atoms with Crippen LogP contribution in [-0.2, 0) is 11.3 Å². The summed E-state index contributed by atoms with van der Waals surface area (Å²) in [6.45, 7) is 1.87. The van der Waals surface area contributed by atoms with Crippen molar-refractivity contribution in [1.82, 2.24) is 5.32 Å². The van der Waals surface area contributed by atoms with E-state index in [1.807, 2.05) is 11.8 Å². The number of benzene rings is 1. The van der Waals surface area contributed by atoms with E-state index < -0.39 is 0 Å². The molecule has 2 aliphatic rings. The minimum Gasteiger partial charge on any atom is -0.374 e. The summed E-state index contributed by atoms with van der Waals surface area (Å²) in [7, 11) is 0. The SMILES string of the molecule is Brc1cccc(CNC2CCOC3(CCSC3)C2)c1. The van der Waals surface area contributed by atoms with Crippen LogP contribution in [0.4, 0.5) is 0 Å². The van der Waals surface area contributed by atoms with Crippen molar-refractivity contribution in [1.29, 1.82) is 0 Å². The lowest BCUT2D eigenvalue weighted by atomic mass is 9.90. The molecule has 4 heteroatoms. The van der Waals surface area contributed by atoms with E-state index in [9.17, 15) is 0 Å². The highest BCUT2D eigenvalue weighted by molar-refractivity contribution is 9.10. The highest BCUT2D eigenvalue weighted by Gasteiger charge is 2.40. The summed E-state index contributed by atoms with van der Waals surface area (Å²) in [4.78, 5) is 0. The molecule has 1 aromatic rings. The number of hydrogen-bond acceptors (Lipinski definition) is 3. The first-order valence-electron chi connectivity index (χ1n) is 6.95. The fraction of sp³-hybridized carbons (Fsp3) is 0.600. The lowest BCUT2D eigenvalue weighted by Gasteiger charge is -2.38. The zero-order valence-corrected chi connectivity index (χ0v) is 13.4. The molecule has 2 heterocycles. The normalized spacial score (nSPS) is 30.9. The standard InChI is InChI=1S/C15H20BrNOS/c16-13-3-1-2-12(8-13)10-17-14-4-6-18-15(9-14)5-7-19-11-15/h1-3,8,14,17H,4-7,9-11H2. The van der Waals surface area contributed by atoms with Crippen molar-refractivity contribution < 1.29 is 4.74 Å². The summed E-state index contributed by atoms with van der Waals surface area (Å²) in [6, 6.07) is 9.14. The van der Waals surface area contributed by atoms with Crippen LogP contribution >= 0.6 is 27.7 Å². The first-order valence-corrected chi connectivity index (χ1v) is 8.90. The van der Waals surface area contributed by atoms with E-state index in [2.05, 4.69) is 45.5 Å². The van der Waals surface area contributed by atoms with Gasteiger partial charge in [-0.05, 0) is 42.7 Å². The van der Waals surface area contributed by atoms with Crippen molar-refractivity contribution in [3.8, 4) is 0 Å². The van der Waals surface area contributed by atoms with Gasteiger partial charge in [0.25, 0.3) is 0 Å². The van der Waals surface area contributed by atoms with Gasteiger partial charge in [0, 0.05) is 29.4 Å². The summed E-state index contributed by atoms with van der Waals surface area (Å²) in [5.74, 6) is 2.44. The Hall–Kier alpha value is -0.0300. The predicted molar refractivity (Wildman–Crippen MR) is 84.6 cm³/mol. The highest BCUT2D eigenvalue weighted by atomic mass is 79.9. The molecule has 0 saturated carbocycles. The molecule has 1 spiro atoms. The van der Waals surface area contributed by atoms with Gasteiger partial charge in [0.2, 0.25) is 0 Å². The zero-order valence-electron chi connectivity index (χ0n) is 11.0. The van der Waals surface area contributed by atoms with Crippen molar-refractivity contribution in [3.05, 3.63) is 34.3 Å². The fourth-order valence-electron chi connectivity index (χ4n) is 2.97. The summed E-state index contributed by atoms with van der Waals surface area (Å²) in [5.41, 5.74) is 1.52. The monoisotopic (exact) mass is 341 g/mol. The third kappa shape index (κ3) is 3.54. The molecule has 3 rings (SSSR count). The molecule has 2 saturated heterocycles. The Morgan fingerprint density at radius 3 is 3.21 bits per heavy atom. The van der Waals surface area contributed by atoms with Crippen LogP contribution in [0, 0.1) is 0 Å². The van der Waals surface area contributed by atoms with E-state index in [0.717, 1.165) is 24.0 Å². The Balaban J connectivity index is 1.55. The van der Waals surface area contributed by atoms with Gasteiger partial charge in [-0.2, -0.15) is 11.8 Å². The second-order valence-electron chi connectivity index (χ2n) is 5.53. The van der Waals surface area contributed by atoms with Gasteiger partial charge in [-0.15, -0.1) is 0 Å². The number of rotatable bonds is 3. The molecule has 1 N–H and O–H groups in total. The quantitative estimate of drug-likeness (QED) is 0.907. The van der Waals surface area contributed by atoms with E-state index in [1.54, 1.807) is 0 Å². The molecule has 0 bridgehead atoms. The van der Waals surface area contributed by atoms with Gasteiger partial charge >= 0.3 is 0 Å². The summed E-state index contributed by atoms with van der Waals surface area (Å²) in [5, 5.41) is 3.71. The third-order valence-electron chi connectivity index (χ3n) is 4.04. The van der Waals surface area contributed by atoms with Crippen LogP contribution in [0.3, 0.4) is 0 Å². The molecule has 2 aliphatic heterocycles. The molecule has 0 radical (unpaired) electrons. The molecule has 19 heavy (non-hydrogen) atoms. The van der Waals surface area contributed by atoms with E-state index in [-0.39, 0.29) is 5.60 Å². The van der Waals surface area contributed by atoms with E-state index >= 15 is 0 Å². The molecule has 0 aliphatic carbocycles. The number of halogens is 1. The molecule has 1 aromatic carbocycles. The van der Waals surface area contributed by atoms with Crippen molar-refractivity contribution in [2.75, 3.05) is 18.1 Å². The van der Waals surface area contributed by atoms with Gasteiger partial charge in [0.05, 0.1) is 5.60 Å². The van der Waals surface area contributed by atoms with Crippen LogP contribution in [0.25, 0.3) is 0 Å². The van der Waals surface area contributed by atoms with Gasteiger partial charge in [-0.25, -0.2) is 0 Å². The third-order valence-corrected chi connectivity index (χ3v) is 5.76. The molecule has 0 aromatic heterocycles. The van der Waals surface area contributed by atoms with Gasteiger partial charge < -0.3 is 10.1 Å². The van der Waals surface area contributed by atoms with Crippen molar-refractivity contribution in [2.24, 2.45) is 0 Å². The number of nitrogens with one attached hydrogen (secondary N) is 1. The Morgan fingerprint density at radius 2 is 2.42 bits per heavy atom. The van der Waals surface area contributed by atoms with Crippen molar-refractivity contribution in [3.63, 3.8) is 0 Å². The lowest BCUT2D eigenvalue weighted by Crippen LogP contribution is -2.47. The number of hydrogen-bond donors (Lipinski definition) is 1. The van der Waals surface area contributed by atoms with Gasteiger partial charge in [0.1, 0.15) is 0 Å². The average molecular weight is 342 g/mol. The summed E-state index contributed by atoms with van der Waals surface area (Å²) in [6.07, 6.45) is 3.54. The molecule has 0 amide bonds. The van der Waals surface area contributed by atoms with E-state index in [0.29, 0.717) is 6.04 Å². The molecule has 104 valence electrons. The summed E-state index contributed by atoms with van der Waals surface area (Å²) >= 11 is 5.57. The minimum atomic E-state index is 0.178. The number of thioether (sulfide) groups is 1. The predicted octanol–water partition coefficient (Wildman–Crippen LogP) is 3.59. The molecule has 2 unspecified atom stereocenters. The lowest BCUT2D eigenvalue weighted by molar-refractivity contribution is -0.0703. The first kappa shape index (κ1) is 13.9. The minimum absolute atomic E-state index is 0.178. The van der Waals surface area contributed by atoms with Crippen molar-refractivity contribution >= 4 is 27.7 Å². The Kier molecular flexibility index (Phi) is 4.52. The summed E-state index contributed by atoms with van der Waals surface area (Å²) < 4.78 is 7.21. The zero-order chi connectivity index (χ0) is 13.1. The topological polar surface area (TPSA) is 21.3 Å². The average Bonchev–Trinajstić information content (AvgIpc) is 2.85. The van der Waals surface area contributed by atoms with Crippen LogP contribution in [0.1, 0.15) is 24.8 Å². The van der Waals surface area contributed by atoms with Gasteiger partial charge in [-0.1, -0.05) is 28.1 Å². The van der Waals surface area contributed by atoms with Crippen LogP contribution < -0.4 is 5.32 Å². The Bertz CT molecular complexity index is 434. The first-order chi connectivity index (χ1) is 9.26. The van der Waals surface area contributed by atoms with E-state index in [1.165, 1.54) is 29.9 Å². The largest absolute Gasteiger partial charge is 0.374 e. The van der Waals surface area contributed by atoms with Crippen molar-refractivity contribution in [2.45, 2.75) is 37.5 Å². The molecular weight excluding hydrogens is 322 g/mol. The highest BCUT2D eigenvalue weighted by Crippen LogP contribution is 2.38. The van der Waals surface area contributed by atoms with Gasteiger partial charge in [-0.3, -0.25) is 0 Å². The van der Waals surface area contributed by atoms with Gasteiger partial charge in [0.15, 0.2) is 0 Å². The second-order valence-corrected chi connectivity index (χ2v) is 7.56. The smallest absolute Gasteiger partial charge is 0.0795 e. The fourth-order valence-corrected chi connectivity index (χ4v) is 4.80. The van der Waals surface area contributed by atoms with Crippen LogP contribution in [0.5, 0.6) is 0 Å². The van der Waals surface area contributed by atoms with Crippen LogP contribution in [0.15, 0.2) is 28.7 Å². The molecular formula is C15H20BrNOS. The maximum Gasteiger partial charge on any atom is 0.0795 e. The van der Waals surface area contributed by atoms with E-state index in [4.69, 9.17) is 4.74 Å². The molecule has 2 atom stereocenters. The van der Waals surface area contributed by atoms with Crippen LogP contribution in [0.2, 0.25) is 0 Å². The second kappa shape index (κ2) is 6.17.